The fourth-order valence-corrected chi connectivity index (χ4v) is 0.944. The minimum absolute atomic E-state index is 0.0183. The summed E-state index contributed by atoms with van der Waals surface area (Å²) in [7, 11) is 1.19. The van der Waals surface area contributed by atoms with Crippen molar-refractivity contribution in [3.63, 3.8) is 0 Å². The highest BCUT2D eigenvalue weighted by molar-refractivity contribution is 5.80. The van der Waals surface area contributed by atoms with Crippen molar-refractivity contribution in [1.82, 2.24) is 4.90 Å². The molecule has 6 heteroatoms. The molecule has 1 amide bonds. The lowest BCUT2D eigenvalue weighted by Crippen LogP contribution is -2.41. The molecule has 0 saturated carbocycles. The van der Waals surface area contributed by atoms with Crippen molar-refractivity contribution in [2.45, 2.75) is 6.04 Å². The molecule has 1 unspecified atom stereocenters. The molecule has 1 atom stereocenters. The topological polar surface area (TPSA) is 76.1 Å². The van der Waals surface area contributed by atoms with Gasteiger partial charge >= 0.3 is 12.1 Å². The molecule has 1 N–H and O–H groups in total. The summed E-state index contributed by atoms with van der Waals surface area (Å²) in [5.41, 5.74) is 0. The number of carboxylic acid groups (broad SMARTS) is 1. The van der Waals surface area contributed by atoms with Crippen LogP contribution in [0.15, 0.2) is 0 Å². The monoisotopic (exact) mass is 175 g/mol. The van der Waals surface area contributed by atoms with Crippen LogP contribution in [0.2, 0.25) is 0 Å². The quantitative estimate of drug-likeness (QED) is 0.581. The van der Waals surface area contributed by atoms with E-state index in [0.29, 0.717) is 0 Å². The Hall–Kier alpha value is -1.30. The van der Waals surface area contributed by atoms with Gasteiger partial charge in [0, 0.05) is 0 Å². The van der Waals surface area contributed by atoms with E-state index in [9.17, 15) is 9.59 Å². The van der Waals surface area contributed by atoms with E-state index < -0.39 is 18.1 Å². The van der Waals surface area contributed by atoms with Crippen molar-refractivity contribution in [3.8, 4) is 0 Å². The van der Waals surface area contributed by atoms with Crippen LogP contribution in [0.4, 0.5) is 4.79 Å². The maximum Gasteiger partial charge on any atom is 0.412 e. The second-order valence-electron chi connectivity index (χ2n) is 2.29. The second-order valence-corrected chi connectivity index (χ2v) is 2.29. The van der Waals surface area contributed by atoms with Crippen LogP contribution in [0.1, 0.15) is 0 Å². The first-order valence-electron chi connectivity index (χ1n) is 3.32. The highest BCUT2D eigenvalue weighted by atomic mass is 16.6. The van der Waals surface area contributed by atoms with Gasteiger partial charge in [-0.1, -0.05) is 0 Å². The molecule has 0 aromatic carbocycles. The van der Waals surface area contributed by atoms with Crippen molar-refractivity contribution < 1.29 is 24.2 Å². The first kappa shape index (κ1) is 8.79. The fraction of sp³-hybridized carbons (Fsp3) is 0.667. The first-order valence-corrected chi connectivity index (χ1v) is 3.32. The van der Waals surface area contributed by atoms with E-state index in [4.69, 9.17) is 9.84 Å². The molecule has 1 aliphatic rings. The average molecular weight is 175 g/mol. The number of amides is 1. The molecule has 6 nitrogen and oxygen atoms in total. The van der Waals surface area contributed by atoms with Gasteiger partial charge in [-0.15, -0.1) is 0 Å². The molecule has 0 aromatic heterocycles. The maximum atomic E-state index is 10.9. The smallest absolute Gasteiger partial charge is 0.412 e. The average Bonchev–Trinajstić information content (AvgIpc) is 2.50. The van der Waals surface area contributed by atoms with Crippen molar-refractivity contribution >= 4 is 12.1 Å². The summed E-state index contributed by atoms with van der Waals surface area (Å²) in [4.78, 5) is 22.4. The van der Waals surface area contributed by atoms with E-state index in [-0.39, 0.29) is 13.3 Å². The summed E-state index contributed by atoms with van der Waals surface area (Å²) in [6.07, 6.45) is -0.681. The van der Waals surface area contributed by atoms with Crippen LogP contribution < -0.4 is 0 Å². The van der Waals surface area contributed by atoms with Gasteiger partial charge in [-0.25, -0.2) is 9.59 Å². The number of carboxylic acids is 1. The third-order valence-electron chi connectivity index (χ3n) is 1.58. The van der Waals surface area contributed by atoms with E-state index in [0.717, 1.165) is 4.90 Å². The summed E-state index contributed by atoms with van der Waals surface area (Å²) in [6, 6.07) is -0.919. The van der Waals surface area contributed by atoms with Crippen LogP contribution in [0, 0.1) is 0 Å². The largest absolute Gasteiger partial charge is 0.480 e. The molecule has 0 spiro atoms. The lowest BCUT2D eigenvalue weighted by Gasteiger charge is -2.16. The molecule has 12 heavy (non-hydrogen) atoms. The maximum absolute atomic E-state index is 10.9. The molecular formula is C6H9NO5. The molecule has 68 valence electrons. The van der Waals surface area contributed by atoms with E-state index >= 15 is 0 Å². The molecule has 1 heterocycles. The zero-order valence-corrected chi connectivity index (χ0v) is 6.52. The van der Waals surface area contributed by atoms with E-state index in [1.165, 1.54) is 7.11 Å². The van der Waals surface area contributed by atoms with Gasteiger partial charge < -0.3 is 14.6 Å². The molecule has 1 rings (SSSR count). The normalized spacial score (nSPS) is 22.4. The van der Waals surface area contributed by atoms with E-state index in [2.05, 4.69) is 4.74 Å². The van der Waals surface area contributed by atoms with Crippen LogP contribution in [-0.2, 0) is 14.3 Å². The summed E-state index contributed by atoms with van der Waals surface area (Å²) in [6.45, 7) is -0.00588. The molecule has 1 saturated heterocycles. The number of hydrogen-bond donors (Lipinski definition) is 1. The van der Waals surface area contributed by atoms with Gasteiger partial charge in [0.25, 0.3) is 0 Å². The summed E-state index contributed by atoms with van der Waals surface area (Å²) in [5.74, 6) is -1.09. The Morgan fingerprint density at radius 1 is 1.67 bits per heavy atom. The van der Waals surface area contributed by atoms with Crippen molar-refractivity contribution in [2.24, 2.45) is 0 Å². The van der Waals surface area contributed by atoms with E-state index in [1.54, 1.807) is 0 Å². The van der Waals surface area contributed by atoms with Crippen LogP contribution in [0.3, 0.4) is 0 Å². The number of methoxy groups -OCH3 is 1. The van der Waals surface area contributed by atoms with Crippen molar-refractivity contribution in [2.75, 3.05) is 20.4 Å². The van der Waals surface area contributed by atoms with Gasteiger partial charge in [0.05, 0.1) is 13.7 Å². The lowest BCUT2D eigenvalue weighted by atomic mass is 10.3. The molecule has 0 aromatic rings. The van der Waals surface area contributed by atoms with Gasteiger partial charge in [-0.2, -0.15) is 0 Å². The van der Waals surface area contributed by atoms with Crippen molar-refractivity contribution in [3.05, 3.63) is 0 Å². The molecule has 1 aliphatic heterocycles. The number of nitrogens with zero attached hydrogens (tertiary/aromatic N) is 1. The summed E-state index contributed by atoms with van der Waals surface area (Å²) in [5, 5.41) is 8.60. The molecule has 0 radical (unpaired) electrons. The van der Waals surface area contributed by atoms with Gasteiger partial charge in [0.2, 0.25) is 0 Å². The number of carbonyl (C=O) groups is 2. The van der Waals surface area contributed by atoms with Gasteiger partial charge in [-0.05, 0) is 0 Å². The number of carbonyl (C=O) groups excluding carboxylic acids is 1. The Kier molecular flexibility index (Phi) is 2.49. The number of ether oxygens (including phenoxy) is 2. The number of rotatable bonds is 1. The fourth-order valence-electron chi connectivity index (χ4n) is 0.944. The predicted molar refractivity (Wildman–Crippen MR) is 36.5 cm³/mol. The Bertz CT molecular complexity index is 204. The summed E-state index contributed by atoms with van der Waals surface area (Å²) >= 11 is 0. The van der Waals surface area contributed by atoms with Gasteiger partial charge in [0.15, 0.2) is 6.04 Å². The minimum atomic E-state index is -1.09. The standard InChI is InChI=1S/C6H9NO5/c1-11-6(10)7-3-12-2-4(7)5(8)9/h4H,2-3H2,1H3,(H,8,9). The SMILES string of the molecule is COC(=O)N1COCC1C(=O)O. The molecular weight excluding hydrogens is 166 g/mol. The third-order valence-corrected chi connectivity index (χ3v) is 1.58. The van der Waals surface area contributed by atoms with Gasteiger partial charge in [-0.3, -0.25) is 4.90 Å². The van der Waals surface area contributed by atoms with Crippen molar-refractivity contribution in [1.29, 1.82) is 0 Å². The summed E-state index contributed by atoms with van der Waals surface area (Å²) < 4.78 is 9.16. The van der Waals surface area contributed by atoms with Crippen LogP contribution in [0.25, 0.3) is 0 Å². The Morgan fingerprint density at radius 3 is 2.83 bits per heavy atom. The van der Waals surface area contributed by atoms with Crippen LogP contribution in [-0.4, -0.2) is 48.6 Å². The zero-order valence-electron chi connectivity index (χ0n) is 6.52. The number of aliphatic carboxylic acids is 1. The van der Waals surface area contributed by atoms with Gasteiger partial charge in [0.1, 0.15) is 6.73 Å². The van der Waals surface area contributed by atoms with Crippen LogP contribution >= 0.6 is 0 Å². The Balaban J connectivity index is 2.63. The van der Waals surface area contributed by atoms with E-state index in [1.807, 2.05) is 0 Å². The molecule has 0 bridgehead atoms. The lowest BCUT2D eigenvalue weighted by molar-refractivity contribution is -0.141. The Morgan fingerprint density at radius 2 is 2.33 bits per heavy atom. The number of hydrogen-bond acceptors (Lipinski definition) is 4. The first-order chi connectivity index (χ1) is 5.66. The minimum Gasteiger partial charge on any atom is -0.480 e. The third kappa shape index (κ3) is 1.48. The Labute approximate surface area is 68.7 Å². The highest BCUT2D eigenvalue weighted by Gasteiger charge is 2.35. The van der Waals surface area contributed by atoms with Crippen LogP contribution in [0.5, 0.6) is 0 Å². The highest BCUT2D eigenvalue weighted by Crippen LogP contribution is 2.10. The molecule has 1 fully saturated rings. The predicted octanol–water partition coefficient (Wildman–Crippen LogP) is -0.504. The zero-order chi connectivity index (χ0) is 9.14. The second kappa shape index (κ2) is 3.40. The molecule has 0 aliphatic carbocycles.